The zero-order chi connectivity index (χ0) is 32.0. The first kappa shape index (κ1) is 35.9. The average molecular weight is 679 g/mol. The fourth-order valence-electron chi connectivity index (χ4n) is 7.22. The van der Waals surface area contributed by atoms with E-state index in [1.165, 1.54) is 21.6 Å². The number of fused-ring (bicyclic) bond motifs is 2. The maximum Gasteiger partial charge on any atom is 0.215 e. The second kappa shape index (κ2) is 16.7. The molecule has 0 saturated heterocycles. The predicted molar refractivity (Wildman–Crippen MR) is 187 cm³/mol. The van der Waals surface area contributed by atoms with E-state index in [2.05, 4.69) is 38.5 Å². The van der Waals surface area contributed by atoms with Crippen LogP contribution < -0.4 is 0 Å². The van der Waals surface area contributed by atoms with E-state index >= 15 is 0 Å². The number of hydrogen-bond acceptors (Lipinski definition) is 10. The molecule has 2 fully saturated rings. The van der Waals surface area contributed by atoms with Gasteiger partial charge in [-0.3, -0.25) is 9.59 Å². The van der Waals surface area contributed by atoms with E-state index in [-0.39, 0.29) is 33.2 Å². The van der Waals surface area contributed by atoms with Crippen molar-refractivity contribution < 1.29 is 30.0 Å². The zero-order valence-corrected chi connectivity index (χ0v) is 28.4. The van der Waals surface area contributed by atoms with Gasteiger partial charge in [0.2, 0.25) is 10.2 Å². The Morgan fingerprint density at radius 3 is 1.32 bits per heavy atom. The van der Waals surface area contributed by atoms with Crippen molar-refractivity contribution in [2.75, 3.05) is 23.0 Å². The third-order valence-corrected chi connectivity index (χ3v) is 14.3. The molecule has 10 heteroatoms. The molecule has 0 aromatic heterocycles. The van der Waals surface area contributed by atoms with Crippen molar-refractivity contribution in [3.63, 3.8) is 0 Å². The summed E-state index contributed by atoms with van der Waals surface area (Å²) in [6, 6.07) is 0. The summed E-state index contributed by atoms with van der Waals surface area (Å²) in [4.78, 5) is 25.6. The summed E-state index contributed by atoms with van der Waals surface area (Å²) < 4.78 is 0. The van der Waals surface area contributed by atoms with Crippen molar-refractivity contribution in [2.45, 2.75) is 50.1 Å². The Bertz CT molecular complexity index is 1060. The van der Waals surface area contributed by atoms with E-state index in [1.54, 1.807) is 0 Å². The third-order valence-electron chi connectivity index (χ3n) is 9.82. The van der Waals surface area contributed by atoms with Gasteiger partial charge >= 0.3 is 0 Å². The Balaban J connectivity index is 1.10. The summed E-state index contributed by atoms with van der Waals surface area (Å²) in [6.07, 6.45) is 11.4. The minimum atomic E-state index is -1.06. The molecular formula is C34H46O6S4. The number of aliphatic hydroxyl groups is 4. The molecule has 0 heterocycles. The van der Waals surface area contributed by atoms with Gasteiger partial charge in [0, 0.05) is 34.2 Å². The van der Waals surface area contributed by atoms with Crippen LogP contribution in [0.5, 0.6) is 0 Å². The molecule has 4 N–H and O–H groups in total. The van der Waals surface area contributed by atoms with Gasteiger partial charge in [-0.05, 0) is 73.0 Å². The highest BCUT2D eigenvalue weighted by atomic mass is 33.1. The first-order valence-electron chi connectivity index (χ1n) is 15.3. The van der Waals surface area contributed by atoms with Gasteiger partial charge in [-0.15, -0.1) is 26.3 Å². The molecule has 242 valence electrons. The summed E-state index contributed by atoms with van der Waals surface area (Å²) in [6.45, 7) is 15.8. The van der Waals surface area contributed by atoms with Crippen LogP contribution in [0.4, 0.5) is 0 Å². The van der Waals surface area contributed by atoms with E-state index in [0.29, 0.717) is 60.2 Å². The minimum Gasteiger partial charge on any atom is -0.390 e. The number of allylic oxidation sites excluding steroid dienone is 6. The monoisotopic (exact) mass is 678 g/mol. The Morgan fingerprint density at radius 1 is 0.636 bits per heavy atom. The summed E-state index contributed by atoms with van der Waals surface area (Å²) in [5, 5.41) is 41.5. The SMILES string of the molecule is C=CC1CC(C=C)C2CC(C(=O)SCC(O)C(O)CSSCC(O)C(O)CSC(=O)C3=CC4C(C=C)CC(C=C)C4C3)=CC12. The molecule has 44 heavy (non-hydrogen) atoms. The standard InChI is InChI=1S/C34H46O6S4/c1-5-19-9-20(6-2)26-12-23(11-25(19)26)33(39)41-15-29(35)31(37)17-43-44-18-32(38)30(36)16-42-34(40)24-13-27-21(7-3)10-22(8-4)28(27)14-24/h5-8,11,13,19-22,25-32,35-38H,1-4,9-10,12,14-18H2. The fraction of sp³-hybridized carbons (Fsp3) is 0.588. The molecule has 2 saturated carbocycles. The maximum absolute atomic E-state index is 12.8. The topological polar surface area (TPSA) is 115 Å². The normalized spacial score (nSPS) is 33.4. The van der Waals surface area contributed by atoms with Gasteiger partial charge in [0.25, 0.3) is 0 Å². The molecular weight excluding hydrogens is 633 g/mol. The summed E-state index contributed by atoms with van der Waals surface area (Å²) in [5.41, 5.74) is 1.57. The number of carbonyl (C=O) groups excluding carboxylic acids is 2. The van der Waals surface area contributed by atoms with Gasteiger partial charge < -0.3 is 20.4 Å². The highest BCUT2D eigenvalue weighted by Crippen LogP contribution is 2.52. The van der Waals surface area contributed by atoms with Crippen LogP contribution in [-0.4, -0.2) is 78.1 Å². The lowest BCUT2D eigenvalue weighted by atomic mass is 9.89. The highest BCUT2D eigenvalue weighted by Gasteiger charge is 2.45. The fourth-order valence-corrected chi connectivity index (χ4v) is 11.3. The first-order chi connectivity index (χ1) is 21.1. The maximum atomic E-state index is 12.8. The number of carbonyl (C=O) groups is 2. The second-order valence-corrected chi connectivity index (χ2v) is 16.9. The van der Waals surface area contributed by atoms with E-state index in [4.69, 9.17) is 0 Å². The van der Waals surface area contributed by atoms with Crippen LogP contribution in [0.25, 0.3) is 0 Å². The molecule has 4 aliphatic rings. The van der Waals surface area contributed by atoms with E-state index in [0.717, 1.165) is 47.5 Å². The molecule has 0 spiro atoms. The lowest BCUT2D eigenvalue weighted by Gasteiger charge is -2.19. The number of thioether (sulfide) groups is 2. The van der Waals surface area contributed by atoms with E-state index < -0.39 is 24.4 Å². The van der Waals surface area contributed by atoms with Crippen molar-refractivity contribution in [1.29, 1.82) is 0 Å². The van der Waals surface area contributed by atoms with Crippen LogP contribution in [0, 0.1) is 47.3 Å². The lowest BCUT2D eigenvalue weighted by Crippen LogP contribution is -2.31. The Kier molecular flexibility index (Phi) is 13.6. The minimum absolute atomic E-state index is 0.0549. The number of rotatable bonds is 17. The molecule has 0 amide bonds. The zero-order valence-electron chi connectivity index (χ0n) is 25.1. The van der Waals surface area contributed by atoms with Crippen LogP contribution in [-0.2, 0) is 9.59 Å². The van der Waals surface area contributed by atoms with Crippen LogP contribution >= 0.6 is 45.1 Å². The lowest BCUT2D eigenvalue weighted by molar-refractivity contribution is -0.108. The molecule has 6 nitrogen and oxygen atoms in total. The van der Waals surface area contributed by atoms with Crippen LogP contribution in [0.1, 0.15) is 25.7 Å². The largest absolute Gasteiger partial charge is 0.390 e. The third kappa shape index (κ3) is 8.48. The van der Waals surface area contributed by atoms with Gasteiger partial charge in [-0.1, -0.05) is 81.6 Å². The van der Waals surface area contributed by atoms with Crippen molar-refractivity contribution in [1.82, 2.24) is 0 Å². The van der Waals surface area contributed by atoms with Crippen LogP contribution in [0.3, 0.4) is 0 Å². The Hall–Kier alpha value is -0.980. The van der Waals surface area contributed by atoms with Crippen molar-refractivity contribution in [3.8, 4) is 0 Å². The molecule has 12 atom stereocenters. The quantitative estimate of drug-likeness (QED) is 0.0897. The summed E-state index contributed by atoms with van der Waals surface area (Å²) in [7, 11) is 2.56. The number of hydrogen-bond donors (Lipinski definition) is 4. The molecule has 0 aromatic rings. The van der Waals surface area contributed by atoms with Crippen molar-refractivity contribution in [3.05, 3.63) is 73.9 Å². The van der Waals surface area contributed by atoms with Crippen molar-refractivity contribution >= 4 is 55.3 Å². The molecule has 4 rings (SSSR count). The molecule has 0 bridgehead atoms. The molecule has 12 unspecified atom stereocenters. The smallest absolute Gasteiger partial charge is 0.215 e. The number of aliphatic hydroxyl groups excluding tert-OH is 4. The van der Waals surface area contributed by atoms with Gasteiger partial charge in [-0.25, -0.2) is 0 Å². The Morgan fingerprint density at radius 2 is 0.977 bits per heavy atom. The summed E-state index contributed by atoms with van der Waals surface area (Å²) in [5.74, 6) is 3.46. The van der Waals surface area contributed by atoms with Crippen LogP contribution in [0.2, 0.25) is 0 Å². The van der Waals surface area contributed by atoms with Gasteiger partial charge in [0.15, 0.2) is 0 Å². The Labute approximate surface area is 278 Å². The highest BCUT2D eigenvalue weighted by molar-refractivity contribution is 8.76. The summed E-state index contributed by atoms with van der Waals surface area (Å²) >= 11 is 2.08. The van der Waals surface area contributed by atoms with E-state index in [9.17, 15) is 30.0 Å². The van der Waals surface area contributed by atoms with Gasteiger partial charge in [0.1, 0.15) is 0 Å². The first-order valence-corrected chi connectivity index (χ1v) is 19.8. The molecule has 0 aromatic carbocycles. The second-order valence-electron chi connectivity index (χ2n) is 12.4. The molecule has 0 radical (unpaired) electrons. The van der Waals surface area contributed by atoms with Crippen molar-refractivity contribution in [2.24, 2.45) is 47.3 Å². The van der Waals surface area contributed by atoms with Gasteiger partial charge in [0.05, 0.1) is 24.4 Å². The van der Waals surface area contributed by atoms with Gasteiger partial charge in [-0.2, -0.15) is 0 Å². The van der Waals surface area contributed by atoms with E-state index in [1.807, 2.05) is 24.3 Å². The van der Waals surface area contributed by atoms with Crippen LogP contribution in [0.15, 0.2) is 73.9 Å². The predicted octanol–water partition coefficient (Wildman–Crippen LogP) is 5.47. The molecule has 4 aliphatic carbocycles. The molecule has 0 aliphatic heterocycles. The average Bonchev–Trinajstić information content (AvgIpc) is 3.80.